The predicted molar refractivity (Wildman–Crippen MR) is 84.6 cm³/mol. The second-order valence-corrected chi connectivity index (χ2v) is 5.12. The van der Waals surface area contributed by atoms with Gasteiger partial charge in [-0.1, -0.05) is 48.9 Å². The van der Waals surface area contributed by atoms with Crippen LogP contribution in [0.25, 0.3) is 0 Å². The average molecular weight is 290 g/mol. The number of methoxy groups -OCH3 is 1. The molecule has 1 unspecified atom stereocenters. The molecule has 0 aliphatic heterocycles. The van der Waals surface area contributed by atoms with Gasteiger partial charge in [-0.05, 0) is 36.7 Å². The third-order valence-corrected chi connectivity index (χ3v) is 3.54. The molecule has 2 aromatic rings. The highest BCUT2D eigenvalue weighted by molar-refractivity contribution is 6.30. The minimum absolute atomic E-state index is 0.191. The van der Waals surface area contributed by atoms with E-state index in [1.807, 2.05) is 24.3 Å². The highest BCUT2D eigenvalue weighted by Crippen LogP contribution is 2.30. The minimum atomic E-state index is 0.191. The van der Waals surface area contributed by atoms with Gasteiger partial charge in [0.1, 0.15) is 5.75 Å². The predicted octanol–water partition coefficient (Wildman–Crippen LogP) is 4.24. The lowest BCUT2D eigenvalue weighted by Gasteiger charge is -2.21. The summed E-state index contributed by atoms with van der Waals surface area (Å²) in [4.78, 5) is 0. The Kier molecular flexibility index (Phi) is 5.45. The number of halogens is 1. The van der Waals surface area contributed by atoms with Crippen molar-refractivity contribution < 1.29 is 4.74 Å². The van der Waals surface area contributed by atoms with E-state index in [0.717, 1.165) is 29.3 Å². The van der Waals surface area contributed by atoms with Crippen LogP contribution < -0.4 is 10.1 Å². The molecule has 20 heavy (non-hydrogen) atoms. The maximum atomic E-state index is 6.14. The van der Waals surface area contributed by atoms with Gasteiger partial charge >= 0.3 is 0 Å². The van der Waals surface area contributed by atoms with Gasteiger partial charge < -0.3 is 10.1 Å². The second-order valence-electron chi connectivity index (χ2n) is 4.69. The molecular formula is C17H20ClNO. The lowest BCUT2D eigenvalue weighted by atomic mass is 9.98. The van der Waals surface area contributed by atoms with E-state index in [4.69, 9.17) is 16.3 Å². The molecule has 0 aliphatic carbocycles. The molecular weight excluding hydrogens is 270 g/mol. The van der Waals surface area contributed by atoms with Crippen LogP contribution in [0.2, 0.25) is 5.02 Å². The van der Waals surface area contributed by atoms with Crippen molar-refractivity contribution in [2.75, 3.05) is 13.7 Å². The molecule has 0 spiro atoms. The molecule has 2 rings (SSSR count). The number of ether oxygens (including phenoxy) is 1. The molecule has 0 heterocycles. The maximum Gasteiger partial charge on any atom is 0.123 e. The van der Waals surface area contributed by atoms with Gasteiger partial charge in [-0.2, -0.15) is 0 Å². The van der Waals surface area contributed by atoms with Crippen molar-refractivity contribution in [3.63, 3.8) is 0 Å². The van der Waals surface area contributed by atoms with Crippen molar-refractivity contribution in [1.29, 1.82) is 0 Å². The normalized spacial score (nSPS) is 12.2. The van der Waals surface area contributed by atoms with E-state index in [-0.39, 0.29) is 6.04 Å². The highest BCUT2D eigenvalue weighted by Gasteiger charge is 2.16. The first-order valence-electron chi connectivity index (χ1n) is 6.85. The molecule has 3 heteroatoms. The van der Waals surface area contributed by atoms with Crippen LogP contribution in [0.4, 0.5) is 0 Å². The molecule has 1 atom stereocenters. The fourth-order valence-electron chi connectivity index (χ4n) is 2.37. The summed E-state index contributed by atoms with van der Waals surface area (Å²) in [5, 5.41) is 4.24. The first-order chi connectivity index (χ1) is 9.74. The smallest absolute Gasteiger partial charge is 0.123 e. The van der Waals surface area contributed by atoms with Crippen LogP contribution in [0.1, 0.15) is 24.1 Å². The van der Waals surface area contributed by atoms with E-state index >= 15 is 0 Å². The van der Waals surface area contributed by atoms with Crippen molar-refractivity contribution in [1.82, 2.24) is 5.32 Å². The number of nitrogens with one attached hydrogen (secondary N) is 1. The maximum absolute atomic E-state index is 6.14. The van der Waals surface area contributed by atoms with Crippen molar-refractivity contribution >= 4 is 11.6 Å². The Labute approximate surface area is 125 Å². The van der Waals surface area contributed by atoms with Gasteiger partial charge in [-0.25, -0.2) is 0 Å². The van der Waals surface area contributed by atoms with Crippen LogP contribution in [0.15, 0.2) is 48.5 Å². The summed E-state index contributed by atoms with van der Waals surface area (Å²) in [5.74, 6) is 0.872. The second kappa shape index (κ2) is 7.32. The number of likely N-dealkylation sites (N-methyl/N-ethyl adjacent to an activating group) is 1. The first-order valence-corrected chi connectivity index (χ1v) is 7.23. The molecule has 0 bridgehead atoms. The SMILES string of the molecule is CCNC(Cc1ccccc1)c1cc(Cl)ccc1OC. The van der Waals surface area contributed by atoms with Gasteiger partial charge in [0, 0.05) is 16.6 Å². The largest absolute Gasteiger partial charge is 0.496 e. The van der Waals surface area contributed by atoms with Gasteiger partial charge in [0.25, 0.3) is 0 Å². The Morgan fingerprint density at radius 3 is 2.55 bits per heavy atom. The Bertz CT molecular complexity index is 542. The van der Waals surface area contributed by atoms with Crippen LogP contribution in [-0.2, 0) is 6.42 Å². The molecule has 1 N–H and O–H groups in total. The van der Waals surface area contributed by atoms with Crippen LogP contribution in [0.3, 0.4) is 0 Å². The summed E-state index contributed by atoms with van der Waals surface area (Å²) >= 11 is 6.14. The zero-order valence-electron chi connectivity index (χ0n) is 11.9. The van der Waals surface area contributed by atoms with Crippen LogP contribution in [0, 0.1) is 0 Å². The summed E-state index contributed by atoms with van der Waals surface area (Å²) in [6.07, 6.45) is 0.908. The summed E-state index contributed by atoms with van der Waals surface area (Å²) in [6.45, 7) is 3.00. The van der Waals surface area contributed by atoms with Gasteiger partial charge in [-0.3, -0.25) is 0 Å². The van der Waals surface area contributed by atoms with Gasteiger partial charge in [-0.15, -0.1) is 0 Å². The van der Waals surface area contributed by atoms with Crippen molar-refractivity contribution in [2.45, 2.75) is 19.4 Å². The topological polar surface area (TPSA) is 21.3 Å². The standard InChI is InChI=1S/C17H20ClNO/c1-3-19-16(11-13-7-5-4-6-8-13)15-12-14(18)9-10-17(15)20-2/h4-10,12,16,19H,3,11H2,1-2H3. The Morgan fingerprint density at radius 2 is 1.90 bits per heavy atom. The first kappa shape index (κ1) is 14.9. The molecule has 0 aromatic heterocycles. The van der Waals surface area contributed by atoms with E-state index in [9.17, 15) is 0 Å². The fourth-order valence-corrected chi connectivity index (χ4v) is 2.55. The van der Waals surface area contributed by atoms with E-state index in [1.165, 1.54) is 5.56 Å². The Morgan fingerprint density at radius 1 is 1.15 bits per heavy atom. The zero-order valence-corrected chi connectivity index (χ0v) is 12.7. The molecule has 106 valence electrons. The quantitative estimate of drug-likeness (QED) is 0.859. The minimum Gasteiger partial charge on any atom is -0.496 e. The third-order valence-electron chi connectivity index (χ3n) is 3.30. The summed E-state index contributed by atoms with van der Waals surface area (Å²) in [6, 6.07) is 16.4. The lowest BCUT2D eigenvalue weighted by molar-refractivity contribution is 0.399. The van der Waals surface area contributed by atoms with E-state index in [0.29, 0.717) is 0 Å². The highest BCUT2D eigenvalue weighted by atomic mass is 35.5. The number of benzene rings is 2. The van der Waals surface area contributed by atoms with E-state index < -0.39 is 0 Å². The van der Waals surface area contributed by atoms with Crippen LogP contribution in [-0.4, -0.2) is 13.7 Å². The number of hydrogen-bond acceptors (Lipinski definition) is 2. The molecule has 0 saturated carbocycles. The van der Waals surface area contributed by atoms with E-state index in [1.54, 1.807) is 7.11 Å². The molecule has 0 amide bonds. The lowest BCUT2D eigenvalue weighted by Crippen LogP contribution is -2.23. The van der Waals surface area contributed by atoms with Crippen molar-refractivity contribution in [2.24, 2.45) is 0 Å². The van der Waals surface area contributed by atoms with Crippen LogP contribution in [0.5, 0.6) is 5.75 Å². The molecule has 2 aromatic carbocycles. The molecule has 0 radical (unpaired) electrons. The number of rotatable bonds is 6. The molecule has 0 saturated heterocycles. The summed E-state index contributed by atoms with van der Waals surface area (Å²) < 4.78 is 5.47. The summed E-state index contributed by atoms with van der Waals surface area (Å²) in [5.41, 5.74) is 2.39. The van der Waals surface area contributed by atoms with Gasteiger partial charge in [0.15, 0.2) is 0 Å². The van der Waals surface area contributed by atoms with E-state index in [2.05, 4.69) is 36.5 Å². The molecule has 0 aliphatic rings. The summed E-state index contributed by atoms with van der Waals surface area (Å²) in [7, 11) is 1.69. The average Bonchev–Trinajstić information content (AvgIpc) is 2.48. The molecule has 0 fully saturated rings. The number of hydrogen-bond donors (Lipinski definition) is 1. The fraction of sp³-hybridized carbons (Fsp3) is 0.294. The Balaban J connectivity index is 2.30. The van der Waals surface area contributed by atoms with Gasteiger partial charge in [0.2, 0.25) is 0 Å². The monoisotopic (exact) mass is 289 g/mol. The zero-order chi connectivity index (χ0) is 14.4. The van der Waals surface area contributed by atoms with Gasteiger partial charge in [0.05, 0.1) is 7.11 Å². The Hall–Kier alpha value is -1.51. The third kappa shape index (κ3) is 3.75. The van der Waals surface area contributed by atoms with Crippen molar-refractivity contribution in [3.05, 3.63) is 64.7 Å². The van der Waals surface area contributed by atoms with Crippen molar-refractivity contribution in [3.8, 4) is 5.75 Å². The molecule has 2 nitrogen and oxygen atoms in total. The van der Waals surface area contributed by atoms with Crippen LogP contribution >= 0.6 is 11.6 Å².